The van der Waals surface area contributed by atoms with Crippen LogP contribution < -0.4 is 0 Å². The maximum absolute atomic E-state index is 8.81. The van der Waals surface area contributed by atoms with E-state index >= 15 is 0 Å². The number of aldehydes is 1. The second kappa shape index (κ2) is 11.7. The molecule has 1 nitrogen and oxygen atoms in total. The SMILES string of the molecule is C=C(C)/C=C\C=C/C.CC=O. The van der Waals surface area contributed by atoms with Gasteiger partial charge in [0.05, 0.1) is 0 Å². The second-order valence-corrected chi connectivity index (χ2v) is 1.97. The van der Waals surface area contributed by atoms with Gasteiger partial charge in [-0.25, -0.2) is 0 Å². The predicted molar refractivity (Wildman–Crippen MR) is 50.5 cm³/mol. The van der Waals surface area contributed by atoms with Gasteiger partial charge in [0.2, 0.25) is 0 Å². The number of carbonyl (C=O) groups is 1. The Morgan fingerprint density at radius 3 is 2.00 bits per heavy atom. The Hall–Kier alpha value is -1.11. The molecule has 62 valence electrons. The van der Waals surface area contributed by atoms with Crippen LogP contribution in [-0.4, -0.2) is 6.29 Å². The molecule has 0 fully saturated rings. The molecule has 0 bridgehead atoms. The lowest BCUT2D eigenvalue weighted by Crippen LogP contribution is -1.56. The lowest BCUT2D eigenvalue weighted by atomic mass is 10.3. The monoisotopic (exact) mass is 152 g/mol. The summed E-state index contributed by atoms with van der Waals surface area (Å²) < 4.78 is 0. The van der Waals surface area contributed by atoms with Crippen LogP contribution >= 0.6 is 0 Å². The van der Waals surface area contributed by atoms with E-state index in [1.165, 1.54) is 6.92 Å². The average molecular weight is 152 g/mol. The summed E-state index contributed by atoms with van der Waals surface area (Å²) in [6.45, 7) is 9.11. The molecular formula is C10H16O. The topological polar surface area (TPSA) is 17.1 Å². The van der Waals surface area contributed by atoms with Gasteiger partial charge in [0.25, 0.3) is 0 Å². The molecule has 0 aromatic heterocycles. The minimum Gasteiger partial charge on any atom is -0.304 e. The molecular weight excluding hydrogens is 136 g/mol. The number of hydrogen-bond acceptors (Lipinski definition) is 1. The van der Waals surface area contributed by atoms with E-state index in [4.69, 9.17) is 4.79 Å². The van der Waals surface area contributed by atoms with Gasteiger partial charge in [-0.3, -0.25) is 0 Å². The van der Waals surface area contributed by atoms with Crippen LogP contribution in [0, 0.1) is 0 Å². The molecule has 0 N–H and O–H groups in total. The van der Waals surface area contributed by atoms with Gasteiger partial charge in [0, 0.05) is 0 Å². The predicted octanol–water partition coefficient (Wildman–Crippen LogP) is 2.90. The van der Waals surface area contributed by atoms with E-state index in [0.29, 0.717) is 0 Å². The van der Waals surface area contributed by atoms with E-state index in [2.05, 4.69) is 6.58 Å². The van der Waals surface area contributed by atoms with Gasteiger partial charge >= 0.3 is 0 Å². The maximum Gasteiger partial charge on any atom is 0.116 e. The van der Waals surface area contributed by atoms with Crippen molar-refractivity contribution in [2.45, 2.75) is 20.8 Å². The van der Waals surface area contributed by atoms with E-state index in [1.54, 1.807) is 0 Å². The number of carbonyl (C=O) groups excluding carboxylic acids is 1. The van der Waals surface area contributed by atoms with Crippen LogP contribution in [0.1, 0.15) is 20.8 Å². The summed E-state index contributed by atoms with van der Waals surface area (Å²) >= 11 is 0. The summed E-state index contributed by atoms with van der Waals surface area (Å²) in [7, 11) is 0. The van der Waals surface area contributed by atoms with E-state index in [9.17, 15) is 0 Å². The van der Waals surface area contributed by atoms with Crippen LogP contribution in [0.15, 0.2) is 36.5 Å². The zero-order valence-corrected chi connectivity index (χ0v) is 7.50. The van der Waals surface area contributed by atoms with Crippen LogP contribution in [-0.2, 0) is 4.79 Å². The Kier molecular flexibility index (Phi) is 13.3. The zero-order valence-electron chi connectivity index (χ0n) is 7.50. The highest BCUT2D eigenvalue weighted by atomic mass is 16.1. The van der Waals surface area contributed by atoms with E-state index < -0.39 is 0 Å². The summed E-state index contributed by atoms with van der Waals surface area (Å²) in [5.41, 5.74) is 1.09. The Balaban J connectivity index is 0. The van der Waals surface area contributed by atoms with Crippen LogP contribution in [0.3, 0.4) is 0 Å². The van der Waals surface area contributed by atoms with E-state index in [-0.39, 0.29) is 0 Å². The summed E-state index contributed by atoms with van der Waals surface area (Å²) in [4.78, 5) is 8.81. The molecule has 0 amide bonds. The van der Waals surface area contributed by atoms with Crippen molar-refractivity contribution in [3.05, 3.63) is 36.5 Å². The first kappa shape index (κ1) is 12.6. The van der Waals surface area contributed by atoms with Gasteiger partial charge in [0.1, 0.15) is 6.29 Å². The zero-order chi connectivity index (χ0) is 9.11. The van der Waals surface area contributed by atoms with Crippen molar-refractivity contribution in [3.8, 4) is 0 Å². The Morgan fingerprint density at radius 2 is 1.73 bits per heavy atom. The number of allylic oxidation sites excluding steroid dienone is 5. The Morgan fingerprint density at radius 1 is 1.27 bits per heavy atom. The van der Waals surface area contributed by atoms with Gasteiger partial charge < -0.3 is 4.79 Å². The van der Waals surface area contributed by atoms with Gasteiger partial charge in [-0.15, -0.1) is 0 Å². The highest BCUT2D eigenvalue weighted by molar-refractivity contribution is 5.44. The first-order valence-corrected chi connectivity index (χ1v) is 3.53. The fraction of sp³-hybridized carbons (Fsp3) is 0.300. The quantitative estimate of drug-likeness (QED) is 0.439. The van der Waals surface area contributed by atoms with Gasteiger partial charge in [-0.1, -0.05) is 36.5 Å². The van der Waals surface area contributed by atoms with Crippen molar-refractivity contribution in [1.29, 1.82) is 0 Å². The molecule has 0 aromatic rings. The molecule has 0 radical (unpaired) electrons. The third-order valence-electron chi connectivity index (χ3n) is 0.684. The highest BCUT2D eigenvalue weighted by Crippen LogP contribution is 1.88. The molecule has 0 saturated carbocycles. The first-order chi connectivity index (χ1) is 5.18. The van der Waals surface area contributed by atoms with Gasteiger partial charge in [-0.05, 0) is 20.8 Å². The summed E-state index contributed by atoms with van der Waals surface area (Å²) in [5, 5.41) is 0. The van der Waals surface area contributed by atoms with Crippen LogP contribution in [0.2, 0.25) is 0 Å². The van der Waals surface area contributed by atoms with E-state index in [1.807, 2.05) is 38.2 Å². The van der Waals surface area contributed by atoms with Crippen LogP contribution in [0.25, 0.3) is 0 Å². The Labute approximate surface area is 69.1 Å². The summed E-state index contributed by atoms with van der Waals surface area (Å²) in [5.74, 6) is 0. The fourth-order valence-electron chi connectivity index (χ4n) is 0.331. The van der Waals surface area contributed by atoms with Gasteiger partial charge in [-0.2, -0.15) is 0 Å². The largest absolute Gasteiger partial charge is 0.304 e. The molecule has 0 aromatic carbocycles. The maximum atomic E-state index is 8.81. The molecule has 1 heteroatoms. The highest BCUT2D eigenvalue weighted by Gasteiger charge is 1.66. The fourth-order valence-corrected chi connectivity index (χ4v) is 0.331. The molecule has 0 atom stereocenters. The van der Waals surface area contributed by atoms with E-state index in [0.717, 1.165) is 11.9 Å². The minimum absolute atomic E-state index is 0.750. The molecule has 0 saturated heterocycles. The molecule has 11 heavy (non-hydrogen) atoms. The van der Waals surface area contributed by atoms with Crippen molar-refractivity contribution >= 4 is 6.29 Å². The van der Waals surface area contributed by atoms with Crippen molar-refractivity contribution in [1.82, 2.24) is 0 Å². The standard InChI is InChI=1S/C8H12.C2H4O/c1-4-5-6-7-8(2)3;1-2-3/h4-7H,2H2,1,3H3;2H,1H3/b5-4-,7-6-;. The minimum atomic E-state index is 0.750. The van der Waals surface area contributed by atoms with Crippen molar-refractivity contribution in [3.63, 3.8) is 0 Å². The second-order valence-electron chi connectivity index (χ2n) is 1.97. The first-order valence-electron chi connectivity index (χ1n) is 3.53. The average Bonchev–Trinajstić information content (AvgIpc) is 1.89. The lowest BCUT2D eigenvalue weighted by Gasteiger charge is -1.78. The summed E-state index contributed by atoms with van der Waals surface area (Å²) in [6.07, 6.45) is 8.66. The number of rotatable bonds is 2. The van der Waals surface area contributed by atoms with Crippen LogP contribution in [0.5, 0.6) is 0 Å². The smallest absolute Gasteiger partial charge is 0.116 e. The molecule has 0 aliphatic rings. The number of hydrogen-bond donors (Lipinski definition) is 0. The van der Waals surface area contributed by atoms with Gasteiger partial charge in [0.15, 0.2) is 0 Å². The lowest BCUT2D eigenvalue weighted by molar-refractivity contribution is -0.106. The van der Waals surface area contributed by atoms with Crippen molar-refractivity contribution in [2.24, 2.45) is 0 Å². The molecule has 0 rings (SSSR count). The third kappa shape index (κ3) is 27.9. The molecule has 0 unspecified atom stereocenters. The van der Waals surface area contributed by atoms with Crippen molar-refractivity contribution in [2.75, 3.05) is 0 Å². The molecule has 0 aliphatic carbocycles. The van der Waals surface area contributed by atoms with Crippen LogP contribution in [0.4, 0.5) is 0 Å². The molecule has 0 aliphatic heterocycles. The summed E-state index contributed by atoms with van der Waals surface area (Å²) in [6, 6.07) is 0. The molecule has 0 heterocycles. The van der Waals surface area contributed by atoms with Crippen molar-refractivity contribution < 1.29 is 4.79 Å². The Bertz CT molecular complexity index is 152. The normalized spacial score (nSPS) is 9.36. The third-order valence-corrected chi connectivity index (χ3v) is 0.684. The molecule has 0 spiro atoms.